The van der Waals surface area contributed by atoms with E-state index in [1.807, 2.05) is 13.0 Å². The summed E-state index contributed by atoms with van der Waals surface area (Å²) < 4.78 is 0. The van der Waals surface area contributed by atoms with Crippen molar-refractivity contribution >= 4 is 17.3 Å². The molecule has 8 aliphatic rings. The molecule has 0 radical (unpaired) electrons. The van der Waals surface area contributed by atoms with E-state index in [0.717, 1.165) is 56.9 Å². The molecule has 7 fully saturated rings. The number of Topliss-reactive ketones (excluding diaryl/α,β-unsaturated/α-hetero) is 2. The Labute approximate surface area is 280 Å². The molecule has 8 rings (SSSR count). The number of hydrogen-bond donors (Lipinski definition) is 4. The molecule has 0 saturated heterocycles. The molecule has 0 amide bonds. The first-order valence-electron chi connectivity index (χ1n) is 19.1. The van der Waals surface area contributed by atoms with Crippen LogP contribution in [0.2, 0.25) is 0 Å². The summed E-state index contributed by atoms with van der Waals surface area (Å²) in [6.07, 6.45) is 11.6. The monoisotopic (exact) mass is 650 g/mol. The highest BCUT2D eigenvalue weighted by Gasteiger charge is 2.78. The van der Waals surface area contributed by atoms with E-state index in [0.29, 0.717) is 55.6 Å². The Kier molecular flexibility index (Phi) is 7.20. The lowest BCUT2D eigenvalue weighted by molar-refractivity contribution is -0.279. The third-order valence-electron chi connectivity index (χ3n) is 18.2. The Balaban J connectivity index is 1.32. The maximum absolute atomic E-state index is 14.1. The molecule has 2 unspecified atom stereocenters. The average molecular weight is 651 g/mol. The van der Waals surface area contributed by atoms with E-state index < -0.39 is 40.3 Å². The molecule has 0 bridgehead atoms. The Morgan fingerprint density at radius 2 is 1.55 bits per heavy atom. The molecule has 8 aliphatic carbocycles. The summed E-state index contributed by atoms with van der Waals surface area (Å²) in [6, 6.07) is 0. The Morgan fingerprint density at radius 1 is 0.809 bits per heavy atom. The summed E-state index contributed by atoms with van der Waals surface area (Å²) in [5.74, 6) is 1.35. The lowest BCUT2D eigenvalue weighted by Crippen LogP contribution is -2.73. The number of carbonyl (C=O) groups excluding carboxylic acids is 3. The Morgan fingerprint density at radius 3 is 2.30 bits per heavy atom. The van der Waals surface area contributed by atoms with Gasteiger partial charge in [-0.1, -0.05) is 33.3 Å². The van der Waals surface area contributed by atoms with Crippen LogP contribution in [-0.4, -0.2) is 62.2 Å². The summed E-state index contributed by atoms with van der Waals surface area (Å²) in [7, 11) is 0. The van der Waals surface area contributed by atoms with Crippen LogP contribution in [0.25, 0.3) is 0 Å². The largest absolute Gasteiger partial charge is 0.393 e. The average Bonchev–Trinajstić information content (AvgIpc) is 3.48. The summed E-state index contributed by atoms with van der Waals surface area (Å²) in [5.41, 5.74) is -2.86. The number of ketones is 3. The van der Waals surface area contributed by atoms with E-state index in [1.54, 1.807) is 0 Å². The molecule has 0 heterocycles. The van der Waals surface area contributed by atoms with E-state index in [-0.39, 0.29) is 59.2 Å². The number of fused-ring (bicyclic) bond motifs is 10. The van der Waals surface area contributed by atoms with Crippen molar-refractivity contribution in [3.63, 3.8) is 0 Å². The van der Waals surface area contributed by atoms with Gasteiger partial charge in [0.2, 0.25) is 0 Å². The smallest absolute Gasteiger partial charge is 0.190 e. The van der Waals surface area contributed by atoms with Gasteiger partial charge in [0.1, 0.15) is 18.0 Å². The summed E-state index contributed by atoms with van der Waals surface area (Å²) in [4.78, 5) is 40.3. The molecule has 7 nitrogen and oxygen atoms in total. The van der Waals surface area contributed by atoms with Gasteiger partial charge >= 0.3 is 0 Å². The highest BCUT2D eigenvalue weighted by atomic mass is 16.3. The first kappa shape index (κ1) is 32.8. The SMILES string of the molecule is C[C@]12C(CC[C@@H]3[C@@H]1CC[C@]1(C)[C@@H](O)CC[C@@H]31)CC(=O)CC2[C@]12[C@@H](O)C[C@@]3(C)[C@@H](CC[C@]3(O)C(=O)CO)[C@@H]1CCC1=CC(=O)CC[C@@]12C. The quantitative estimate of drug-likeness (QED) is 0.324. The van der Waals surface area contributed by atoms with Crippen molar-refractivity contribution in [1.29, 1.82) is 0 Å². The predicted molar refractivity (Wildman–Crippen MR) is 176 cm³/mol. The van der Waals surface area contributed by atoms with Gasteiger partial charge in [0, 0.05) is 30.1 Å². The van der Waals surface area contributed by atoms with Crippen molar-refractivity contribution < 1.29 is 34.8 Å². The van der Waals surface area contributed by atoms with Crippen LogP contribution in [0.3, 0.4) is 0 Å². The number of aliphatic hydroxyl groups is 4. The molecule has 0 spiro atoms. The molecule has 7 saturated carbocycles. The van der Waals surface area contributed by atoms with E-state index in [4.69, 9.17) is 0 Å². The van der Waals surface area contributed by atoms with Crippen molar-refractivity contribution in [2.75, 3.05) is 6.61 Å². The minimum atomic E-state index is -1.69. The van der Waals surface area contributed by atoms with Gasteiger partial charge in [-0.05, 0) is 141 Å². The molecule has 0 aromatic rings. The highest BCUT2D eigenvalue weighted by molar-refractivity contribution is 5.92. The third-order valence-corrected chi connectivity index (χ3v) is 18.2. The molecule has 0 aromatic heterocycles. The van der Waals surface area contributed by atoms with Crippen LogP contribution in [-0.2, 0) is 14.4 Å². The third kappa shape index (κ3) is 3.76. The molecule has 47 heavy (non-hydrogen) atoms. The van der Waals surface area contributed by atoms with Crippen LogP contribution in [0.15, 0.2) is 11.6 Å². The van der Waals surface area contributed by atoms with Gasteiger partial charge < -0.3 is 20.4 Å². The number of aliphatic hydroxyl groups excluding tert-OH is 3. The highest BCUT2D eigenvalue weighted by Crippen LogP contribution is 2.79. The topological polar surface area (TPSA) is 132 Å². The molecular formula is C40H58O7. The minimum absolute atomic E-state index is 0.0250. The lowest BCUT2D eigenvalue weighted by Gasteiger charge is -2.74. The Bertz CT molecular complexity index is 1420. The standard InChI is InChI=1S/C40H58O7/c1-35-14-12-28-26(27(35)9-10-32(35)44)7-5-23-18-25(43)19-31(38(23,28)4)40-30(8-6-22-17-24(42)11-15-36(22,40)2)29-13-16-39(47,34(46)21-41)37(29,3)20-33(40)45/h17,23,26-33,41,44-45,47H,5-16,18-21H2,1-4H3/t23?,26-,27-,28-,29-,30-,31?,32-,33-,35-,36-,37-,38-,39-,40-/m0/s1. The van der Waals surface area contributed by atoms with Crippen LogP contribution < -0.4 is 0 Å². The van der Waals surface area contributed by atoms with Crippen LogP contribution in [0.4, 0.5) is 0 Å². The maximum atomic E-state index is 14.1. The number of hydrogen-bond acceptors (Lipinski definition) is 7. The van der Waals surface area contributed by atoms with Crippen LogP contribution in [0.1, 0.15) is 124 Å². The summed E-state index contributed by atoms with van der Waals surface area (Å²) >= 11 is 0. The Hall–Kier alpha value is -1.41. The van der Waals surface area contributed by atoms with E-state index in [2.05, 4.69) is 20.8 Å². The number of rotatable bonds is 3. The molecule has 260 valence electrons. The first-order valence-corrected chi connectivity index (χ1v) is 19.1. The fraction of sp³-hybridized carbons (Fsp3) is 0.875. The van der Waals surface area contributed by atoms with Crippen molar-refractivity contribution in [2.24, 2.45) is 68.5 Å². The molecule has 15 atom stereocenters. The second-order valence-electron chi connectivity index (χ2n) is 18.9. The van der Waals surface area contributed by atoms with Crippen LogP contribution in [0.5, 0.6) is 0 Å². The van der Waals surface area contributed by atoms with Gasteiger partial charge in [0.15, 0.2) is 11.6 Å². The predicted octanol–water partition coefficient (Wildman–Crippen LogP) is 5.35. The zero-order chi connectivity index (χ0) is 33.5. The van der Waals surface area contributed by atoms with Gasteiger partial charge in [0.05, 0.1) is 12.2 Å². The first-order chi connectivity index (χ1) is 22.1. The van der Waals surface area contributed by atoms with Gasteiger partial charge in [-0.2, -0.15) is 0 Å². The molecule has 7 heteroatoms. The molecule has 0 aromatic carbocycles. The van der Waals surface area contributed by atoms with Crippen molar-refractivity contribution in [2.45, 2.75) is 142 Å². The van der Waals surface area contributed by atoms with E-state index in [1.165, 1.54) is 0 Å². The van der Waals surface area contributed by atoms with Crippen LogP contribution in [0, 0.1) is 68.5 Å². The zero-order valence-electron chi connectivity index (χ0n) is 29.1. The van der Waals surface area contributed by atoms with Crippen LogP contribution >= 0.6 is 0 Å². The summed E-state index contributed by atoms with van der Waals surface area (Å²) in [6.45, 7) is 8.36. The summed E-state index contributed by atoms with van der Waals surface area (Å²) in [5, 5.41) is 46.4. The molecular weight excluding hydrogens is 592 g/mol. The molecule has 4 N–H and O–H groups in total. The van der Waals surface area contributed by atoms with Gasteiger partial charge in [0.25, 0.3) is 0 Å². The van der Waals surface area contributed by atoms with Crippen molar-refractivity contribution in [3.8, 4) is 0 Å². The fourth-order valence-corrected chi connectivity index (χ4v) is 16.0. The number of allylic oxidation sites excluding steroid dienone is 1. The molecule has 0 aliphatic heterocycles. The van der Waals surface area contributed by atoms with Crippen molar-refractivity contribution in [1.82, 2.24) is 0 Å². The van der Waals surface area contributed by atoms with E-state index >= 15 is 0 Å². The van der Waals surface area contributed by atoms with Gasteiger partial charge in [-0.3, -0.25) is 14.4 Å². The van der Waals surface area contributed by atoms with Gasteiger partial charge in [-0.15, -0.1) is 0 Å². The lowest BCUT2D eigenvalue weighted by atomic mass is 9.30. The number of carbonyl (C=O) groups is 3. The second kappa shape index (κ2) is 10.3. The fourth-order valence-electron chi connectivity index (χ4n) is 16.0. The van der Waals surface area contributed by atoms with Crippen molar-refractivity contribution in [3.05, 3.63) is 11.6 Å². The van der Waals surface area contributed by atoms with E-state index in [9.17, 15) is 34.8 Å². The maximum Gasteiger partial charge on any atom is 0.190 e. The normalized spacial score (nSPS) is 56.8. The second-order valence-corrected chi connectivity index (χ2v) is 18.9. The minimum Gasteiger partial charge on any atom is -0.393 e. The van der Waals surface area contributed by atoms with Gasteiger partial charge in [-0.25, -0.2) is 0 Å². The zero-order valence-corrected chi connectivity index (χ0v) is 29.1.